The summed E-state index contributed by atoms with van der Waals surface area (Å²) in [7, 11) is 0. The molecular weight excluding hydrogens is 294 g/mol. The van der Waals surface area contributed by atoms with Crippen molar-refractivity contribution in [1.29, 1.82) is 0 Å². The summed E-state index contributed by atoms with van der Waals surface area (Å²) in [5.74, 6) is -1.12. The fourth-order valence-electron chi connectivity index (χ4n) is 2.20. The summed E-state index contributed by atoms with van der Waals surface area (Å²) in [5, 5.41) is 11.6. The Labute approximate surface area is 134 Å². The predicted molar refractivity (Wildman–Crippen MR) is 87.2 cm³/mol. The molecule has 1 amide bonds. The second-order valence-electron chi connectivity index (χ2n) is 4.97. The van der Waals surface area contributed by atoms with Gasteiger partial charge in [0.25, 0.3) is 5.91 Å². The molecule has 1 aromatic heterocycles. The number of carbonyl (C=O) groups excluding carboxylic acids is 1. The lowest BCUT2D eigenvalue weighted by atomic mass is 10.1. The van der Waals surface area contributed by atoms with E-state index in [1.54, 1.807) is 41.6 Å². The number of benzene rings is 1. The van der Waals surface area contributed by atoms with Crippen molar-refractivity contribution in [3.8, 4) is 0 Å². The normalized spacial score (nSPS) is 10.1. The molecule has 6 heteroatoms. The van der Waals surface area contributed by atoms with E-state index in [2.05, 4.69) is 10.3 Å². The highest BCUT2D eigenvalue weighted by molar-refractivity contribution is 5.99. The van der Waals surface area contributed by atoms with Crippen molar-refractivity contribution in [2.24, 2.45) is 0 Å². The first-order valence-electron chi connectivity index (χ1n) is 7.34. The molecule has 2 aromatic rings. The molecule has 0 aliphatic rings. The van der Waals surface area contributed by atoms with Gasteiger partial charge < -0.3 is 15.3 Å². The Morgan fingerprint density at radius 3 is 2.52 bits per heavy atom. The smallest absolute Gasteiger partial charge is 0.322 e. The van der Waals surface area contributed by atoms with Gasteiger partial charge in [-0.3, -0.25) is 14.6 Å². The molecule has 23 heavy (non-hydrogen) atoms. The molecule has 0 spiro atoms. The number of carbonyl (C=O) groups is 2. The monoisotopic (exact) mass is 313 g/mol. The molecule has 0 bridgehead atoms. The maximum Gasteiger partial charge on any atom is 0.322 e. The van der Waals surface area contributed by atoms with E-state index in [0.717, 1.165) is 5.56 Å². The second kappa shape index (κ2) is 7.93. The number of rotatable bonds is 7. The van der Waals surface area contributed by atoms with Crippen LogP contribution >= 0.6 is 0 Å². The van der Waals surface area contributed by atoms with Gasteiger partial charge in [0.05, 0.1) is 5.56 Å². The lowest BCUT2D eigenvalue weighted by Crippen LogP contribution is -2.31. The first-order chi connectivity index (χ1) is 11.1. The first kappa shape index (κ1) is 16.5. The molecule has 0 unspecified atom stereocenters. The molecule has 0 atom stereocenters. The zero-order valence-electron chi connectivity index (χ0n) is 12.9. The van der Waals surface area contributed by atoms with Crippen molar-refractivity contribution in [3.05, 3.63) is 59.9 Å². The largest absolute Gasteiger partial charge is 0.480 e. The molecule has 0 saturated heterocycles. The molecule has 0 fully saturated rings. The van der Waals surface area contributed by atoms with Crippen LogP contribution in [-0.2, 0) is 11.3 Å². The number of hydrogen-bond acceptors (Lipinski definition) is 4. The van der Waals surface area contributed by atoms with E-state index in [4.69, 9.17) is 5.11 Å². The topological polar surface area (TPSA) is 82.5 Å². The van der Waals surface area contributed by atoms with Gasteiger partial charge in [0.1, 0.15) is 6.54 Å². The summed E-state index contributed by atoms with van der Waals surface area (Å²) in [6, 6.07) is 10.7. The summed E-state index contributed by atoms with van der Waals surface area (Å²) < 4.78 is 0. The molecule has 1 aromatic carbocycles. The van der Waals surface area contributed by atoms with Crippen molar-refractivity contribution in [3.63, 3.8) is 0 Å². The van der Waals surface area contributed by atoms with Gasteiger partial charge in [-0.05, 0) is 36.8 Å². The summed E-state index contributed by atoms with van der Waals surface area (Å²) in [5.41, 5.74) is 1.98. The van der Waals surface area contributed by atoms with Crippen LogP contribution in [0.3, 0.4) is 0 Å². The third-order valence-corrected chi connectivity index (χ3v) is 3.38. The number of aliphatic carboxylic acids is 1. The van der Waals surface area contributed by atoms with E-state index < -0.39 is 5.97 Å². The van der Waals surface area contributed by atoms with Crippen LogP contribution in [0.5, 0.6) is 0 Å². The number of para-hydroxylation sites is 1. The SMILES string of the molecule is CCN(Cc1ccncc1)C(=O)c1ccccc1NCC(=O)O. The molecule has 2 N–H and O–H groups in total. The Bertz CT molecular complexity index is 674. The molecule has 1 heterocycles. The van der Waals surface area contributed by atoms with Gasteiger partial charge in [0.15, 0.2) is 0 Å². The minimum atomic E-state index is -0.976. The zero-order valence-corrected chi connectivity index (χ0v) is 12.9. The number of nitrogens with one attached hydrogen (secondary N) is 1. The van der Waals surface area contributed by atoms with E-state index in [1.807, 2.05) is 19.1 Å². The third-order valence-electron chi connectivity index (χ3n) is 3.38. The second-order valence-corrected chi connectivity index (χ2v) is 4.97. The summed E-state index contributed by atoms with van der Waals surface area (Å²) >= 11 is 0. The quantitative estimate of drug-likeness (QED) is 0.819. The molecule has 2 rings (SSSR count). The van der Waals surface area contributed by atoms with Crippen LogP contribution in [0.15, 0.2) is 48.8 Å². The highest BCUT2D eigenvalue weighted by atomic mass is 16.4. The molecule has 6 nitrogen and oxygen atoms in total. The lowest BCUT2D eigenvalue weighted by Gasteiger charge is -2.22. The van der Waals surface area contributed by atoms with Gasteiger partial charge in [0.2, 0.25) is 0 Å². The Morgan fingerprint density at radius 1 is 1.17 bits per heavy atom. The van der Waals surface area contributed by atoms with E-state index in [9.17, 15) is 9.59 Å². The van der Waals surface area contributed by atoms with Gasteiger partial charge >= 0.3 is 5.97 Å². The number of carboxylic acid groups (broad SMARTS) is 1. The number of pyridine rings is 1. The highest BCUT2D eigenvalue weighted by Gasteiger charge is 2.18. The minimum absolute atomic E-state index is 0.141. The zero-order chi connectivity index (χ0) is 16.7. The lowest BCUT2D eigenvalue weighted by molar-refractivity contribution is -0.134. The molecule has 0 radical (unpaired) electrons. The standard InChI is InChI=1S/C17H19N3O3/c1-2-20(12-13-7-9-18-10-8-13)17(23)14-5-3-4-6-15(14)19-11-16(21)22/h3-10,19H,2,11-12H2,1H3,(H,21,22). The van der Waals surface area contributed by atoms with Crippen LogP contribution in [0.4, 0.5) is 5.69 Å². The third kappa shape index (κ3) is 4.54. The number of anilines is 1. The maximum atomic E-state index is 12.8. The molecule has 0 aliphatic carbocycles. The summed E-state index contributed by atoms with van der Waals surface area (Å²) in [4.78, 5) is 29.2. The number of aromatic nitrogens is 1. The van der Waals surface area contributed by atoms with Crippen LogP contribution in [0.2, 0.25) is 0 Å². The van der Waals surface area contributed by atoms with Gasteiger partial charge in [-0.1, -0.05) is 12.1 Å². The molecule has 0 aliphatic heterocycles. The van der Waals surface area contributed by atoms with Crippen molar-refractivity contribution < 1.29 is 14.7 Å². The number of nitrogens with zero attached hydrogens (tertiary/aromatic N) is 2. The van der Waals surface area contributed by atoms with Gasteiger partial charge in [0, 0.05) is 31.2 Å². The van der Waals surface area contributed by atoms with E-state index in [1.165, 1.54) is 0 Å². The average Bonchev–Trinajstić information content (AvgIpc) is 2.58. The van der Waals surface area contributed by atoms with Crippen LogP contribution in [-0.4, -0.2) is 40.0 Å². The summed E-state index contributed by atoms with van der Waals surface area (Å²) in [6.45, 7) is 2.70. The van der Waals surface area contributed by atoms with Crippen LogP contribution in [0.1, 0.15) is 22.8 Å². The van der Waals surface area contributed by atoms with Crippen molar-refractivity contribution in [2.75, 3.05) is 18.4 Å². The summed E-state index contributed by atoms with van der Waals surface area (Å²) in [6.07, 6.45) is 3.38. The number of hydrogen-bond donors (Lipinski definition) is 2. The Kier molecular flexibility index (Phi) is 5.68. The maximum absolute atomic E-state index is 12.8. The van der Waals surface area contributed by atoms with Crippen molar-refractivity contribution in [1.82, 2.24) is 9.88 Å². The molecule has 120 valence electrons. The first-order valence-corrected chi connectivity index (χ1v) is 7.34. The van der Waals surface area contributed by atoms with Crippen molar-refractivity contribution in [2.45, 2.75) is 13.5 Å². The minimum Gasteiger partial charge on any atom is -0.480 e. The number of amides is 1. The Balaban J connectivity index is 2.18. The van der Waals surface area contributed by atoms with Crippen LogP contribution in [0, 0.1) is 0 Å². The van der Waals surface area contributed by atoms with Gasteiger partial charge in [-0.2, -0.15) is 0 Å². The fourth-order valence-corrected chi connectivity index (χ4v) is 2.20. The molecular formula is C17H19N3O3. The van der Waals surface area contributed by atoms with Crippen LogP contribution < -0.4 is 5.32 Å². The van der Waals surface area contributed by atoms with Gasteiger partial charge in [-0.15, -0.1) is 0 Å². The predicted octanol–water partition coefficient (Wildman–Crippen LogP) is 2.24. The van der Waals surface area contributed by atoms with Crippen molar-refractivity contribution >= 4 is 17.6 Å². The van der Waals surface area contributed by atoms with Crippen LogP contribution in [0.25, 0.3) is 0 Å². The van der Waals surface area contributed by atoms with E-state index in [-0.39, 0.29) is 12.5 Å². The van der Waals surface area contributed by atoms with E-state index in [0.29, 0.717) is 24.3 Å². The number of carboxylic acids is 1. The van der Waals surface area contributed by atoms with Gasteiger partial charge in [-0.25, -0.2) is 0 Å². The van der Waals surface area contributed by atoms with E-state index >= 15 is 0 Å². The highest BCUT2D eigenvalue weighted by Crippen LogP contribution is 2.18. The molecule has 0 saturated carbocycles. The Hall–Kier alpha value is -2.89. The average molecular weight is 313 g/mol. The fraction of sp³-hybridized carbons (Fsp3) is 0.235. The Morgan fingerprint density at radius 2 is 1.87 bits per heavy atom.